The first-order chi connectivity index (χ1) is 20.0. The summed E-state index contributed by atoms with van der Waals surface area (Å²) in [6.07, 6.45) is 4.06. The van der Waals surface area contributed by atoms with E-state index >= 15 is 0 Å². The van der Waals surface area contributed by atoms with Gasteiger partial charge in [0.2, 0.25) is 0 Å². The predicted molar refractivity (Wildman–Crippen MR) is 166 cm³/mol. The van der Waals surface area contributed by atoms with Crippen molar-refractivity contribution in [2.24, 2.45) is 0 Å². The van der Waals surface area contributed by atoms with Crippen molar-refractivity contribution >= 4 is 44.9 Å². The Morgan fingerprint density at radius 2 is 1.83 bits per heavy atom. The zero-order chi connectivity index (χ0) is 30.0. The third-order valence-corrected chi connectivity index (χ3v) is 9.00. The van der Waals surface area contributed by atoms with Crippen molar-refractivity contribution in [1.29, 1.82) is 0 Å². The number of hydrogen-bond donors (Lipinski definition) is 1. The minimum atomic E-state index is -3.94. The first-order valence-corrected chi connectivity index (χ1v) is 15.7. The third kappa shape index (κ3) is 6.60. The molecule has 1 aliphatic rings. The zero-order valence-corrected chi connectivity index (χ0v) is 25.8. The largest absolute Gasteiger partial charge is 0.487 e. The van der Waals surface area contributed by atoms with Crippen LogP contribution in [0.1, 0.15) is 29.3 Å². The van der Waals surface area contributed by atoms with Crippen molar-refractivity contribution in [1.82, 2.24) is 9.47 Å². The lowest BCUT2D eigenvalue weighted by atomic mass is 9.96. The Morgan fingerprint density at radius 1 is 1.07 bits per heavy atom. The van der Waals surface area contributed by atoms with E-state index in [0.717, 1.165) is 30.6 Å². The van der Waals surface area contributed by atoms with Gasteiger partial charge in [0.05, 0.1) is 22.9 Å². The molecule has 2 heterocycles. The average Bonchev–Trinajstić information content (AvgIpc) is 3.61. The highest BCUT2D eigenvalue weighted by Gasteiger charge is 2.23. The van der Waals surface area contributed by atoms with Crippen molar-refractivity contribution in [2.45, 2.75) is 31.3 Å². The second-order valence-corrected chi connectivity index (χ2v) is 12.7. The number of rotatable bonds is 9. The summed E-state index contributed by atoms with van der Waals surface area (Å²) >= 11 is 12.4. The molecule has 1 N–H and O–H groups in total. The van der Waals surface area contributed by atoms with Crippen molar-refractivity contribution < 1.29 is 22.7 Å². The number of likely N-dealkylation sites (N-methyl/N-ethyl adjacent to an activating group) is 1. The Kier molecular flexibility index (Phi) is 8.84. The summed E-state index contributed by atoms with van der Waals surface area (Å²) < 4.78 is 42.4. The Balaban J connectivity index is 1.44. The first-order valence-electron chi connectivity index (χ1n) is 13.5. The molecule has 1 atom stereocenters. The lowest BCUT2D eigenvalue weighted by Crippen LogP contribution is -2.21. The van der Waals surface area contributed by atoms with Crippen LogP contribution >= 0.6 is 23.2 Å². The zero-order valence-electron chi connectivity index (χ0n) is 23.4. The summed E-state index contributed by atoms with van der Waals surface area (Å²) in [6, 6.07) is 17.1. The van der Waals surface area contributed by atoms with E-state index in [4.69, 9.17) is 32.7 Å². The molecular weight excluding hydrogens is 597 g/mol. The topological polar surface area (TPSA) is 89.9 Å². The number of halogens is 2. The number of nitrogens with one attached hydrogen (secondary N) is 1. The second-order valence-electron chi connectivity index (χ2n) is 10.2. The molecule has 11 heteroatoms. The van der Waals surface area contributed by atoms with Crippen LogP contribution < -0.4 is 9.46 Å². The molecule has 8 nitrogen and oxygen atoms in total. The van der Waals surface area contributed by atoms with Gasteiger partial charge in [0.1, 0.15) is 16.7 Å². The molecule has 0 bridgehead atoms. The maximum Gasteiger partial charge on any atom is 0.338 e. The van der Waals surface area contributed by atoms with Crippen LogP contribution in [0.3, 0.4) is 0 Å². The summed E-state index contributed by atoms with van der Waals surface area (Å²) in [7, 11) is -1.92. The summed E-state index contributed by atoms with van der Waals surface area (Å²) in [5.41, 5.74) is 3.64. The summed E-state index contributed by atoms with van der Waals surface area (Å²) in [6.45, 7) is 5.55. The van der Waals surface area contributed by atoms with E-state index in [1.807, 2.05) is 32.2 Å². The Bertz CT molecular complexity index is 1720. The number of esters is 1. The van der Waals surface area contributed by atoms with Crippen LogP contribution in [0.2, 0.25) is 10.0 Å². The number of nitrogens with zero attached hydrogens (tertiary/aromatic N) is 2. The molecule has 0 unspecified atom stereocenters. The highest BCUT2D eigenvalue weighted by molar-refractivity contribution is 7.92. The van der Waals surface area contributed by atoms with Crippen molar-refractivity contribution in [2.75, 3.05) is 31.5 Å². The molecule has 0 amide bonds. The first kappa shape index (κ1) is 30.0. The van der Waals surface area contributed by atoms with E-state index in [-0.39, 0.29) is 17.6 Å². The molecule has 1 aromatic heterocycles. The molecule has 220 valence electrons. The van der Waals surface area contributed by atoms with E-state index in [9.17, 15) is 13.2 Å². The Hall–Kier alpha value is -3.50. The number of carbonyl (C=O) groups is 1. The number of likely N-dealkylation sites (tertiary alicyclic amines) is 1. The molecule has 1 fully saturated rings. The number of ether oxygens (including phenoxy) is 2. The molecule has 4 aromatic rings. The summed E-state index contributed by atoms with van der Waals surface area (Å²) in [4.78, 5) is 15.0. The number of hydrogen-bond acceptors (Lipinski definition) is 6. The van der Waals surface area contributed by atoms with E-state index in [2.05, 4.69) is 9.62 Å². The lowest BCUT2D eigenvalue weighted by Gasteiger charge is -2.16. The van der Waals surface area contributed by atoms with Gasteiger partial charge in [0, 0.05) is 42.3 Å². The number of anilines is 1. The van der Waals surface area contributed by atoms with Gasteiger partial charge in [-0.05, 0) is 86.5 Å². The SMILES string of the molecule is CCOC(=O)c1cc(C)c(-n2ccc(S(=O)(=O)Nc3ccc(Cl)c(O[C@@H]4CCN(C)C4)c3)c2)cc1-c1ccc(Cl)cc1. The number of aryl methyl sites for hydroxylation is 1. The van der Waals surface area contributed by atoms with Crippen LogP contribution in [0.25, 0.3) is 16.8 Å². The van der Waals surface area contributed by atoms with Gasteiger partial charge in [-0.1, -0.05) is 35.3 Å². The quantitative estimate of drug-likeness (QED) is 0.205. The van der Waals surface area contributed by atoms with E-state index < -0.39 is 16.0 Å². The van der Waals surface area contributed by atoms with Gasteiger partial charge < -0.3 is 18.9 Å². The van der Waals surface area contributed by atoms with Gasteiger partial charge in [-0.2, -0.15) is 0 Å². The summed E-state index contributed by atoms with van der Waals surface area (Å²) in [5.74, 6) is -0.00915. The smallest absolute Gasteiger partial charge is 0.338 e. The van der Waals surface area contributed by atoms with Crippen molar-refractivity contribution in [3.05, 3.63) is 94.2 Å². The molecule has 0 radical (unpaired) electrons. The van der Waals surface area contributed by atoms with Crippen molar-refractivity contribution in [3.63, 3.8) is 0 Å². The van der Waals surface area contributed by atoms with Gasteiger partial charge in [-0.3, -0.25) is 4.72 Å². The number of sulfonamides is 1. The molecule has 42 heavy (non-hydrogen) atoms. The van der Waals surface area contributed by atoms with Crippen LogP contribution in [0, 0.1) is 6.92 Å². The van der Waals surface area contributed by atoms with Gasteiger partial charge in [0.25, 0.3) is 10.0 Å². The van der Waals surface area contributed by atoms with Crippen LogP contribution in [-0.4, -0.2) is 56.7 Å². The molecular formula is C31H31Cl2N3O5S. The third-order valence-electron chi connectivity index (χ3n) is 7.07. The van der Waals surface area contributed by atoms with Gasteiger partial charge >= 0.3 is 5.97 Å². The van der Waals surface area contributed by atoms with E-state index in [0.29, 0.717) is 38.3 Å². The van der Waals surface area contributed by atoms with Crippen LogP contribution in [0.15, 0.2) is 78.0 Å². The van der Waals surface area contributed by atoms with Gasteiger partial charge in [-0.15, -0.1) is 0 Å². The highest BCUT2D eigenvalue weighted by Crippen LogP contribution is 2.33. The minimum absolute atomic E-state index is 0.00962. The fraction of sp³-hybridized carbons (Fsp3) is 0.258. The molecule has 1 saturated heterocycles. The van der Waals surface area contributed by atoms with Crippen LogP contribution in [0.4, 0.5) is 5.69 Å². The highest BCUT2D eigenvalue weighted by atomic mass is 35.5. The van der Waals surface area contributed by atoms with Crippen LogP contribution in [0.5, 0.6) is 5.75 Å². The monoisotopic (exact) mass is 627 g/mol. The maximum atomic E-state index is 13.4. The van der Waals surface area contributed by atoms with E-state index in [1.165, 1.54) is 12.3 Å². The van der Waals surface area contributed by atoms with Crippen molar-refractivity contribution in [3.8, 4) is 22.6 Å². The summed E-state index contributed by atoms with van der Waals surface area (Å²) in [5, 5.41) is 0.985. The maximum absolute atomic E-state index is 13.4. The fourth-order valence-corrected chi connectivity index (χ4v) is 6.28. The lowest BCUT2D eigenvalue weighted by molar-refractivity contribution is 0.0527. The van der Waals surface area contributed by atoms with Crippen LogP contribution in [-0.2, 0) is 14.8 Å². The normalized spacial score (nSPS) is 15.5. The molecule has 0 spiro atoms. The average molecular weight is 629 g/mol. The fourth-order valence-electron chi connectivity index (χ4n) is 4.95. The molecule has 5 rings (SSSR count). The number of aromatic nitrogens is 1. The Labute approximate surface area is 255 Å². The van der Waals surface area contributed by atoms with Gasteiger partial charge in [-0.25, -0.2) is 13.2 Å². The molecule has 0 aliphatic carbocycles. The number of benzene rings is 3. The molecule has 1 aliphatic heterocycles. The standard InChI is InChI=1S/C31H31Cl2N3O5S/c1-4-40-31(37)27-15-20(2)29(17-26(27)21-5-7-22(32)8-6-21)36-14-12-25(19-36)42(38,39)34-23-9-10-28(33)30(16-23)41-24-11-13-35(3)18-24/h5-10,12,14-17,19,24,34H,4,11,13,18H2,1-3H3/t24-/m1/s1. The van der Waals surface area contributed by atoms with Gasteiger partial charge in [0.15, 0.2) is 0 Å². The predicted octanol–water partition coefficient (Wildman–Crippen LogP) is 6.82. The van der Waals surface area contributed by atoms with E-state index in [1.54, 1.807) is 54.1 Å². The Morgan fingerprint density at radius 3 is 2.52 bits per heavy atom. The molecule has 3 aromatic carbocycles. The molecule has 0 saturated carbocycles. The second kappa shape index (κ2) is 12.4. The minimum Gasteiger partial charge on any atom is -0.487 e. The number of carbonyl (C=O) groups excluding carboxylic acids is 1.